The summed E-state index contributed by atoms with van der Waals surface area (Å²) in [4.78, 5) is 10.8. The molecular formula is C9H17ClO2. The minimum atomic E-state index is -0.695. The van der Waals surface area contributed by atoms with E-state index in [0.29, 0.717) is 12.3 Å². The van der Waals surface area contributed by atoms with Gasteiger partial charge in [0.1, 0.15) is 0 Å². The SMILES string of the molecule is CC[C@@](C)(CCCCCl)C(=O)O. The Morgan fingerprint density at radius 1 is 1.50 bits per heavy atom. The van der Waals surface area contributed by atoms with Crippen LogP contribution in [0.1, 0.15) is 39.5 Å². The topological polar surface area (TPSA) is 37.3 Å². The van der Waals surface area contributed by atoms with Crippen LogP contribution in [0.4, 0.5) is 0 Å². The summed E-state index contributed by atoms with van der Waals surface area (Å²) in [6, 6.07) is 0. The molecule has 1 N–H and O–H groups in total. The van der Waals surface area contributed by atoms with Gasteiger partial charge in [0.2, 0.25) is 0 Å². The van der Waals surface area contributed by atoms with Gasteiger partial charge in [-0.15, -0.1) is 11.6 Å². The van der Waals surface area contributed by atoms with E-state index in [-0.39, 0.29) is 0 Å². The standard InChI is InChI=1S/C9H17ClO2/c1-3-9(2,8(11)12)6-4-5-7-10/h3-7H2,1-2H3,(H,11,12)/t9-/m0/s1. The van der Waals surface area contributed by atoms with Gasteiger partial charge in [-0.3, -0.25) is 4.79 Å². The van der Waals surface area contributed by atoms with Crippen molar-refractivity contribution in [2.45, 2.75) is 39.5 Å². The normalized spacial score (nSPS) is 15.6. The molecule has 0 aliphatic heterocycles. The van der Waals surface area contributed by atoms with E-state index < -0.39 is 11.4 Å². The Hall–Kier alpha value is -0.240. The largest absolute Gasteiger partial charge is 0.481 e. The Kier molecular flexibility index (Phi) is 5.31. The van der Waals surface area contributed by atoms with Crippen molar-refractivity contribution in [3.05, 3.63) is 0 Å². The predicted octanol–water partition coefficient (Wildman–Crippen LogP) is 2.90. The van der Waals surface area contributed by atoms with E-state index in [1.165, 1.54) is 0 Å². The molecule has 0 heterocycles. The van der Waals surface area contributed by atoms with Crippen LogP contribution in [0.15, 0.2) is 0 Å². The second-order valence-corrected chi connectivity index (χ2v) is 3.74. The first kappa shape index (κ1) is 11.8. The summed E-state index contributed by atoms with van der Waals surface area (Å²) in [5, 5.41) is 8.90. The van der Waals surface area contributed by atoms with Crippen molar-refractivity contribution in [2.24, 2.45) is 5.41 Å². The number of aliphatic carboxylic acids is 1. The summed E-state index contributed by atoms with van der Waals surface area (Å²) in [7, 11) is 0. The van der Waals surface area contributed by atoms with Gasteiger partial charge in [-0.1, -0.05) is 13.3 Å². The van der Waals surface area contributed by atoms with Crippen LogP contribution in [0.2, 0.25) is 0 Å². The lowest BCUT2D eigenvalue weighted by atomic mass is 9.82. The summed E-state index contributed by atoms with van der Waals surface area (Å²) in [6.45, 7) is 3.71. The number of unbranched alkanes of at least 4 members (excludes halogenated alkanes) is 1. The Labute approximate surface area is 78.9 Å². The predicted molar refractivity (Wildman–Crippen MR) is 50.6 cm³/mol. The number of alkyl halides is 1. The average Bonchev–Trinajstić information content (AvgIpc) is 2.04. The maximum Gasteiger partial charge on any atom is 0.309 e. The molecule has 0 amide bonds. The number of hydrogen-bond donors (Lipinski definition) is 1. The van der Waals surface area contributed by atoms with Crippen LogP contribution in [0.3, 0.4) is 0 Å². The number of hydrogen-bond acceptors (Lipinski definition) is 1. The fourth-order valence-electron chi connectivity index (χ4n) is 1.04. The first-order chi connectivity index (χ1) is 5.56. The molecule has 3 heteroatoms. The molecular weight excluding hydrogens is 176 g/mol. The molecule has 0 aliphatic carbocycles. The lowest BCUT2D eigenvalue weighted by molar-refractivity contribution is -0.148. The zero-order valence-electron chi connectivity index (χ0n) is 7.77. The minimum absolute atomic E-state index is 0.550. The quantitative estimate of drug-likeness (QED) is 0.519. The average molecular weight is 193 g/mol. The highest BCUT2D eigenvalue weighted by molar-refractivity contribution is 6.17. The monoisotopic (exact) mass is 192 g/mol. The molecule has 0 saturated carbocycles. The molecule has 0 saturated heterocycles. The summed E-state index contributed by atoms with van der Waals surface area (Å²) >= 11 is 5.51. The molecule has 0 spiro atoms. The molecule has 0 unspecified atom stereocenters. The molecule has 0 rings (SSSR count). The molecule has 0 radical (unpaired) electrons. The highest BCUT2D eigenvalue weighted by atomic mass is 35.5. The van der Waals surface area contributed by atoms with Crippen molar-refractivity contribution in [3.8, 4) is 0 Å². The second-order valence-electron chi connectivity index (χ2n) is 3.37. The lowest BCUT2D eigenvalue weighted by Crippen LogP contribution is -2.26. The lowest BCUT2D eigenvalue weighted by Gasteiger charge is -2.22. The van der Waals surface area contributed by atoms with Crippen molar-refractivity contribution in [2.75, 3.05) is 5.88 Å². The first-order valence-electron chi connectivity index (χ1n) is 4.36. The van der Waals surface area contributed by atoms with Gasteiger partial charge in [-0.2, -0.15) is 0 Å². The third kappa shape index (κ3) is 3.44. The number of carboxylic acid groups (broad SMARTS) is 1. The number of carboxylic acids is 1. The fourth-order valence-corrected chi connectivity index (χ4v) is 1.23. The summed E-state index contributed by atoms with van der Waals surface area (Å²) in [6.07, 6.45) is 3.22. The molecule has 0 aromatic heterocycles. The molecule has 0 aromatic rings. The van der Waals surface area contributed by atoms with E-state index in [4.69, 9.17) is 16.7 Å². The maximum absolute atomic E-state index is 10.8. The third-order valence-corrected chi connectivity index (χ3v) is 2.68. The number of halogens is 1. The van der Waals surface area contributed by atoms with Gasteiger partial charge in [-0.05, 0) is 26.2 Å². The van der Waals surface area contributed by atoms with Crippen LogP contribution in [0.5, 0.6) is 0 Å². The van der Waals surface area contributed by atoms with Crippen molar-refractivity contribution in [1.29, 1.82) is 0 Å². The third-order valence-electron chi connectivity index (χ3n) is 2.41. The van der Waals surface area contributed by atoms with Gasteiger partial charge in [-0.25, -0.2) is 0 Å². The molecule has 0 fully saturated rings. The second kappa shape index (κ2) is 5.41. The van der Waals surface area contributed by atoms with Crippen molar-refractivity contribution in [1.82, 2.24) is 0 Å². The first-order valence-corrected chi connectivity index (χ1v) is 4.89. The summed E-state index contributed by atoms with van der Waals surface area (Å²) in [5.74, 6) is -0.0704. The molecule has 0 aromatic carbocycles. The summed E-state index contributed by atoms with van der Waals surface area (Å²) < 4.78 is 0. The zero-order chi connectivity index (χ0) is 9.61. The Balaban J connectivity index is 3.88. The van der Waals surface area contributed by atoms with Crippen LogP contribution in [-0.4, -0.2) is 17.0 Å². The molecule has 72 valence electrons. The van der Waals surface area contributed by atoms with Gasteiger partial charge >= 0.3 is 5.97 Å². The Morgan fingerprint density at radius 3 is 2.42 bits per heavy atom. The minimum Gasteiger partial charge on any atom is -0.481 e. The molecule has 12 heavy (non-hydrogen) atoms. The van der Waals surface area contributed by atoms with E-state index in [1.54, 1.807) is 6.92 Å². The molecule has 0 aliphatic rings. The fraction of sp³-hybridized carbons (Fsp3) is 0.889. The Bertz CT molecular complexity index is 147. The van der Waals surface area contributed by atoms with Gasteiger partial charge in [0.15, 0.2) is 0 Å². The number of rotatable bonds is 6. The van der Waals surface area contributed by atoms with Crippen molar-refractivity contribution < 1.29 is 9.90 Å². The van der Waals surface area contributed by atoms with E-state index in [9.17, 15) is 4.79 Å². The van der Waals surface area contributed by atoms with Gasteiger partial charge in [0, 0.05) is 5.88 Å². The van der Waals surface area contributed by atoms with Crippen molar-refractivity contribution >= 4 is 17.6 Å². The van der Waals surface area contributed by atoms with E-state index in [1.807, 2.05) is 6.92 Å². The number of carbonyl (C=O) groups is 1. The van der Waals surface area contributed by atoms with Crippen LogP contribution in [0.25, 0.3) is 0 Å². The highest BCUT2D eigenvalue weighted by Gasteiger charge is 2.29. The van der Waals surface area contributed by atoms with Gasteiger partial charge < -0.3 is 5.11 Å². The van der Waals surface area contributed by atoms with Crippen LogP contribution < -0.4 is 0 Å². The summed E-state index contributed by atoms with van der Waals surface area (Å²) in [5.41, 5.74) is -0.550. The van der Waals surface area contributed by atoms with Gasteiger partial charge in [0.05, 0.1) is 5.41 Å². The smallest absolute Gasteiger partial charge is 0.309 e. The van der Waals surface area contributed by atoms with Crippen molar-refractivity contribution in [3.63, 3.8) is 0 Å². The van der Waals surface area contributed by atoms with Crippen LogP contribution >= 0.6 is 11.6 Å². The Morgan fingerprint density at radius 2 is 2.08 bits per heavy atom. The maximum atomic E-state index is 10.8. The van der Waals surface area contributed by atoms with E-state index in [2.05, 4.69) is 0 Å². The van der Waals surface area contributed by atoms with E-state index >= 15 is 0 Å². The van der Waals surface area contributed by atoms with Crippen LogP contribution in [0, 0.1) is 5.41 Å². The van der Waals surface area contributed by atoms with Crippen LogP contribution in [-0.2, 0) is 4.79 Å². The molecule has 1 atom stereocenters. The molecule has 0 bridgehead atoms. The van der Waals surface area contributed by atoms with E-state index in [0.717, 1.165) is 19.3 Å². The van der Waals surface area contributed by atoms with Gasteiger partial charge in [0.25, 0.3) is 0 Å². The zero-order valence-corrected chi connectivity index (χ0v) is 8.52. The highest BCUT2D eigenvalue weighted by Crippen LogP contribution is 2.28. The molecule has 2 nitrogen and oxygen atoms in total.